The molecule has 0 radical (unpaired) electrons. The topological polar surface area (TPSA) is 53.6 Å². The largest absolute Gasteiger partial charge is 0.379 e. The quantitative estimate of drug-likeness (QED) is 0.830. The Morgan fingerprint density at radius 3 is 2.90 bits per heavy atom. The minimum atomic E-state index is -0.123. The number of likely N-dealkylation sites (N-methyl/N-ethyl adjacent to an activating group) is 1. The van der Waals surface area contributed by atoms with Crippen molar-refractivity contribution in [1.29, 1.82) is 0 Å². The third-order valence-electron chi connectivity index (χ3n) is 3.58. The molecule has 2 unspecified atom stereocenters. The van der Waals surface area contributed by atoms with E-state index in [9.17, 15) is 4.79 Å². The number of hydrogen-bond acceptors (Lipinski definition) is 4. The van der Waals surface area contributed by atoms with Crippen LogP contribution in [0.2, 0.25) is 0 Å². The number of amides is 1. The molecule has 0 aromatic heterocycles. The van der Waals surface area contributed by atoms with Gasteiger partial charge < -0.3 is 20.3 Å². The van der Waals surface area contributed by atoms with Crippen molar-refractivity contribution < 1.29 is 9.53 Å². The minimum Gasteiger partial charge on any atom is -0.379 e. The van der Waals surface area contributed by atoms with Gasteiger partial charge in [0.15, 0.2) is 0 Å². The molecule has 5 nitrogen and oxygen atoms in total. The van der Waals surface area contributed by atoms with Crippen LogP contribution in [0, 0.1) is 5.92 Å². The third-order valence-corrected chi connectivity index (χ3v) is 3.58. The van der Waals surface area contributed by atoms with E-state index < -0.39 is 0 Å². The maximum atomic E-state index is 12.4. The van der Waals surface area contributed by atoms with E-state index in [1.54, 1.807) is 0 Å². The molecule has 1 heterocycles. The normalized spacial score (nSPS) is 21.7. The van der Waals surface area contributed by atoms with Gasteiger partial charge in [0.05, 0.1) is 19.1 Å². The fourth-order valence-corrected chi connectivity index (χ4v) is 2.62. The molecule has 1 fully saturated rings. The number of carbonyl (C=O) groups excluding carboxylic acids is 1. The van der Waals surface area contributed by atoms with Crippen LogP contribution < -0.4 is 10.6 Å². The zero-order valence-corrected chi connectivity index (χ0v) is 13.1. The van der Waals surface area contributed by atoms with E-state index in [1.807, 2.05) is 39.2 Å². The summed E-state index contributed by atoms with van der Waals surface area (Å²) in [6.45, 7) is 4.83. The summed E-state index contributed by atoms with van der Waals surface area (Å²) in [6.07, 6.45) is 0. The zero-order valence-electron chi connectivity index (χ0n) is 13.1. The van der Waals surface area contributed by atoms with E-state index >= 15 is 0 Å². The molecule has 116 valence electrons. The number of nitrogens with zero attached hydrogens (tertiary/aromatic N) is 1. The molecule has 2 rings (SSSR count). The van der Waals surface area contributed by atoms with Gasteiger partial charge >= 0.3 is 0 Å². The van der Waals surface area contributed by atoms with E-state index in [0.29, 0.717) is 13.2 Å². The molecule has 1 aromatic rings. The second-order valence-electron chi connectivity index (χ2n) is 5.74. The fraction of sp³-hybridized carbons (Fsp3) is 0.562. The van der Waals surface area contributed by atoms with Crippen molar-refractivity contribution in [2.45, 2.75) is 19.5 Å². The van der Waals surface area contributed by atoms with Crippen LogP contribution in [0.25, 0.3) is 0 Å². The van der Waals surface area contributed by atoms with Crippen molar-refractivity contribution in [2.24, 2.45) is 5.92 Å². The molecule has 1 aliphatic heterocycles. The molecule has 1 aliphatic rings. The lowest BCUT2D eigenvalue weighted by Gasteiger charge is -2.18. The van der Waals surface area contributed by atoms with E-state index in [2.05, 4.69) is 21.6 Å². The lowest BCUT2D eigenvalue weighted by atomic mass is 10.0. The highest BCUT2D eigenvalue weighted by Gasteiger charge is 2.33. The first kappa shape index (κ1) is 15.9. The number of ether oxygens (including phenoxy) is 1. The summed E-state index contributed by atoms with van der Waals surface area (Å²) in [4.78, 5) is 14.5. The van der Waals surface area contributed by atoms with Gasteiger partial charge in [-0.1, -0.05) is 19.1 Å². The highest BCUT2D eigenvalue weighted by Crippen LogP contribution is 2.18. The van der Waals surface area contributed by atoms with Crippen LogP contribution in [-0.4, -0.2) is 50.7 Å². The van der Waals surface area contributed by atoms with Crippen molar-refractivity contribution >= 4 is 11.6 Å². The molecule has 1 amide bonds. The highest BCUT2D eigenvalue weighted by atomic mass is 16.5. The highest BCUT2D eigenvalue weighted by molar-refractivity contribution is 5.93. The molecule has 1 saturated heterocycles. The summed E-state index contributed by atoms with van der Waals surface area (Å²) in [5.41, 5.74) is 2.03. The Kier molecular flexibility index (Phi) is 5.73. The Hall–Kier alpha value is -1.43. The summed E-state index contributed by atoms with van der Waals surface area (Å²) in [7, 11) is 4.06. The lowest BCUT2D eigenvalue weighted by molar-refractivity contribution is -0.120. The van der Waals surface area contributed by atoms with Gasteiger partial charge in [-0.3, -0.25) is 4.79 Å². The van der Waals surface area contributed by atoms with Gasteiger partial charge in [0, 0.05) is 18.3 Å². The number of anilines is 1. The molecular weight excluding hydrogens is 266 g/mol. The second-order valence-corrected chi connectivity index (χ2v) is 5.74. The first-order chi connectivity index (χ1) is 10.1. The number of hydrogen-bond donors (Lipinski definition) is 2. The van der Waals surface area contributed by atoms with Crippen LogP contribution in [0.15, 0.2) is 24.3 Å². The molecule has 0 spiro atoms. The van der Waals surface area contributed by atoms with Crippen molar-refractivity contribution in [1.82, 2.24) is 10.2 Å². The van der Waals surface area contributed by atoms with Gasteiger partial charge in [0.25, 0.3) is 0 Å². The first-order valence-electron chi connectivity index (χ1n) is 7.45. The molecule has 2 N–H and O–H groups in total. The Labute approximate surface area is 126 Å². The van der Waals surface area contributed by atoms with Gasteiger partial charge in [0.1, 0.15) is 0 Å². The lowest BCUT2D eigenvalue weighted by Crippen LogP contribution is -2.41. The number of rotatable bonds is 6. The summed E-state index contributed by atoms with van der Waals surface area (Å²) in [5.74, 6) is -0.0945. The van der Waals surface area contributed by atoms with Crippen LogP contribution in [0.1, 0.15) is 12.5 Å². The Morgan fingerprint density at radius 2 is 2.19 bits per heavy atom. The Balaban J connectivity index is 1.99. The van der Waals surface area contributed by atoms with Crippen molar-refractivity contribution in [3.8, 4) is 0 Å². The van der Waals surface area contributed by atoms with Crippen LogP contribution in [0.5, 0.6) is 0 Å². The SMILES string of the molecule is CCNC1COCC1C(=O)Nc1cccc(CN(C)C)c1. The molecule has 0 aliphatic carbocycles. The average molecular weight is 291 g/mol. The van der Waals surface area contributed by atoms with E-state index in [4.69, 9.17) is 4.74 Å². The van der Waals surface area contributed by atoms with Crippen LogP contribution in [-0.2, 0) is 16.1 Å². The van der Waals surface area contributed by atoms with Crippen LogP contribution >= 0.6 is 0 Å². The zero-order chi connectivity index (χ0) is 15.2. The molecule has 2 atom stereocenters. The van der Waals surface area contributed by atoms with Crippen molar-refractivity contribution in [2.75, 3.05) is 39.2 Å². The molecule has 0 saturated carbocycles. The molecule has 21 heavy (non-hydrogen) atoms. The van der Waals surface area contributed by atoms with Gasteiger partial charge in [0.2, 0.25) is 5.91 Å². The molecule has 1 aromatic carbocycles. The predicted molar refractivity (Wildman–Crippen MR) is 84.2 cm³/mol. The van der Waals surface area contributed by atoms with Crippen LogP contribution in [0.4, 0.5) is 5.69 Å². The number of carbonyl (C=O) groups is 1. The Morgan fingerprint density at radius 1 is 1.38 bits per heavy atom. The van der Waals surface area contributed by atoms with Gasteiger partial charge in [-0.05, 0) is 38.3 Å². The third kappa shape index (κ3) is 4.52. The maximum Gasteiger partial charge on any atom is 0.231 e. The summed E-state index contributed by atoms with van der Waals surface area (Å²) in [6, 6.07) is 8.10. The predicted octanol–water partition coefficient (Wildman–Crippen LogP) is 1.31. The molecular formula is C16H25N3O2. The summed E-state index contributed by atoms with van der Waals surface area (Å²) >= 11 is 0. The van der Waals surface area contributed by atoms with Gasteiger partial charge in [-0.15, -0.1) is 0 Å². The fourth-order valence-electron chi connectivity index (χ4n) is 2.62. The number of benzene rings is 1. The van der Waals surface area contributed by atoms with E-state index in [-0.39, 0.29) is 17.9 Å². The van der Waals surface area contributed by atoms with E-state index in [0.717, 1.165) is 18.8 Å². The van der Waals surface area contributed by atoms with Crippen molar-refractivity contribution in [3.63, 3.8) is 0 Å². The summed E-state index contributed by atoms with van der Waals surface area (Å²) < 4.78 is 5.43. The molecule has 0 bridgehead atoms. The smallest absolute Gasteiger partial charge is 0.231 e. The monoisotopic (exact) mass is 291 g/mol. The molecule has 5 heteroatoms. The standard InChI is InChI=1S/C16H25N3O2/c1-4-17-15-11-21-10-14(15)16(20)18-13-7-5-6-12(8-13)9-19(2)3/h5-8,14-15,17H,4,9-11H2,1-3H3,(H,18,20). The van der Waals surface area contributed by atoms with Gasteiger partial charge in [-0.25, -0.2) is 0 Å². The van der Waals surface area contributed by atoms with E-state index in [1.165, 1.54) is 5.56 Å². The summed E-state index contributed by atoms with van der Waals surface area (Å²) in [5, 5.41) is 6.31. The van der Waals surface area contributed by atoms with Gasteiger partial charge in [-0.2, -0.15) is 0 Å². The van der Waals surface area contributed by atoms with Crippen LogP contribution in [0.3, 0.4) is 0 Å². The maximum absolute atomic E-state index is 12.4. The first-order valence-corrected chi connectivity index (χ1v) is 7.45. The number of nitrogens with one attached hydrogen (secondary N) is 2. The minimum absolute atomic E-state index is 0.0282. The van der Waals surface area contributed by atoms with Crippen molar-refractivity contribution in [3.05, 3.63) is 29.8 Å². The average Bonchev–Trinajstić information content (AvgIpc) is 2.87. The second kappa shape index (κ2) is 7.54. The Bertz CT molecular complexity index is 476.